The maximum absolute atomic E-state index is 12.4. The van der Waals surface area contributed by atoms with E-state index in [2.05, 4.69) is 23.9 Å². The predicted octanol–water partition coefficient (Wildman–Crippen LogP) is 1.47. The minimum absolute atomic E-state index is 0.0657. The van der Waals surface area contributed by atoms with Crippen LogP contribution in [0.4, 0.5) is 0 Å². The van der Waals surface area contributed by atoms with Crippen LogP contribution < -0.4 is 10.0 Å². The minimum atomic E-state index is -3.39. The first kappa shape index (κ1) is 16.9. The van der Waals surface area contributed by atoms with Gasteiger partial charge in [-0.25, -0.2) is 0 Å². The van der Waals surface area contributed by atoms with Crippen LogP contribution in [0.15, 0.2) is 0 Å². The highest BCUT2D eigenvalue weighted by atomic mass is 32.2. The molecule has 1 heterocycles. The Labute approximate surface area is 118 Å². The Morgan fingerprint density at radius 3 is 2.42 bits per heavy atom. The van der Waals surface area contributed by atoms with Crippen molar-refractivity contribution in [2.24, 2.45) is 0 Å². The van der Waals surface area contributed by atoms with Crippen molar-refractivity contribution in [3.63, 3.8) is 0 Å². The molecule has 1 fully saturated rings. The van der Waals surface area contributed by atoms with Gasteiger partial charge in [-0.15, -0.1) is 0 Å². The highest BCUT2D eigenvalue weighted by molar-refractivity contribution is 7.87. The first-order valence-corrected chi connectivity index (χ1v) is 8.60. The Hall–Kier alpha value is -0.170. The average molecular weight is 291 g/mol. The van der Waals surface area contributed by atoms with Crippen LogP contribution in [-0.2, 0) is 10.2 Å². The number of hydrogen-bond acceptors (Lipinski definition) is 3. The fourth-order valence-corrected chi connectivity index (χ4v) is 4.14. The van der Waals surface area contributed by atoms with Gasteiger partial charge in [-0.2, -0.15) is 17.4 Å². The zero-order chi connectivity index (χ0) is 14.7. The van der Waals surface area contributed by atoms with Crippen LogP contribution in [-0.4, -0.2) is 43.4 Å². The summed E-state index contributed by atoms with van der Waals surface area (Å²) in [5, 5.41) is 3.35. The van der Waals surface area contributed by atoms with E-state index >= 15 is 0 Å². The van der Waals surface area contributed by atoms with Crippen molar-refractivity contribution in [2.75, 3.05) is 13.1 Å². The fraction of sp³-hybridized carbons (Fsp3) is 1.00. The summed E-state index contributed by atoms with van der Waals surface area (Å²) >= 11 is 0. The van der Waals surface area contributed by atoms with Crippen LogP contribution in [0.2, 0.25) is 0 Å². The van der Waals surface area contributed by atoms with Gasteiger partial charge in [0.05, 0.1) is 0 Å². The van der Waals surface area contributed by atoms with E-state index < -0.39 is 15.7 Å². The molecule has 0 aliphatic carbocycles. The lowest BCUT2D eigenvalue weighted by atomic mass is 10.0. The van der Waals surface area contributed by atoms with E-state index in [0.717, 1.165) is 25.8 Å². The van der Waals surface area contributed by atoms with Crippen molar-refractivity contribution in [1.82, 2.24) is 14.3 Å². The molecule has 0 bridgehead atoms. The van der Waals surface area contributed by atoms with Crippen molar-refractivity contribution in [1.29, 1.82) is 0 Å². The largest absolute Gasteiger partial charge is 0.313 e. The first-order valence-electron chi connectivity index (χ1n) is 7.16. The smallest absolute Gasteiger partial charge is 0.280 e. The zero-order valence-electron chi connectivity index (χ0n) is 12.9. The van der Waals surface area contributed by atoms with Gasteiger partial charge < -0.3 is 5.32 Å². The molecule has 6 heteroatoms. The molecule has 0 aromatic rings. The molecule has 0 aromatic carbocycles. The molecular weight excluding hydrogens is 262 g/mol. The summed E-state index contributed by atoms with van der Waals surface area (Å²) in [5.41, 5.74) is -0.438. The van der Waals surface area contributed by atoms with Gasteiger partial charge in [0.1, 0.15) is 0 Å². The summed E-state index contributed by atoms with van der Waals surface area (Å²) in [6, 6.07) is 0.443. The topological polar surface area (TPSA) is 61.4 Å². The molecule has 1 aliphatic rings. The lowest BCUT2D eigenvalue weighted by Gasteiger charge is -2.37. The molecular formula is C13H29N3O2S. The van der Waals surface area contributed by atoms with E-state index in [9.17, 15) is 8.42 Å². The molecule has 0 saturated carbocycles. The molecule has 2 N–H and O–H groups in total. The average Bonchev–Trinajstić information content (AvgIpc) is 2.23. The van der Waals surface area contributed by atoms with Gasteiger partial charge in [0, 0.05) is 30.7 Å². The quantitative estimate of drug-likeness (QED) is 0.806. The van der Waals surface area contributed by atoms with Crippen molar-refractivity contribution in [3.05, 3.63) is 0 Å². The standard InChI is InChI=1S/C13H29N3O2S/c1-11(2)14-10-12-8-6-7-9-16(12)19(17,18)15-13(3,4)5/h11-12,14-15H,6-10H2,1-5H3. The van der Waals surface area contributed by atoms with E-state index in [1.165, 1.54) is 0 Å². The van der Waals surface area contributed by atoms with E-state index in [1.54, 1.807) is 4.31 Å². The maximum Gasteiger partial charge on any atom is 0.280 e. The molecule has 0 amide bonds. The molecule has 0 radical (unpaired) electrons. The maximum atomic E-state index is 12.4. The number of hydrogen-bond donors (Lipinski definition) is 2. The monoisotopic (exact) mass is 291 g/mol. The predicted molar refractivity (Wildman–Crippen MR) is 79.3 cm³/mol. The highest BCUT2D eigenvalue weighted by Crippen LogP contribution is 2.20. The summed E-state index contributed by atoms with van der Waals surface area (Å²) in [6.07, 6.45) is 2.99. The van der Waals surface area contributed by atoms with Crippen LogP contribution in [0.5, 0.6) is 0 Å². The zero-order valence-corrected chi connectivity index (χ0v) is 13.7. The van der Waals surface area contributed by atoms with E-state index in [0.29, 0.717) is 12.6 Å². The second kappa shape index (κ2) is 6.52. The van der Waals surface area contributed by atoms with Gasteiger partial charge in [0.2, 0.25) is 0 Å². The third-order valence-corrected chi connectivity index (χ3v) is 5.05. The summed E-state index contributed by atoms with van der Waals surface area (Å²) in [5.74, 6) is 0. The number of piperidine rings is 1. The number of rotatable bonds is 5. The Bertz CT molecular complexity index is 374. The molecule has 5 nitrogen and oxygen atoms in total. The van der Waals surface area contributed by atoms with Gasteiger partial charge in [-0.05, 0) is 33.6 Å². The van der Waals surface area contributed by atoms with Crippen LogP contribution in [0.1, 0.15) is 53.9 Å². The normalized spacial score (nSPS) is 22.9. The summed E-state index contributed by atoms with van der Waals surface area (Å²) in [7, 11) is -3.39. The molecule has 1 saturated heterocycles. The van der Waals surface area contributed by atoms with Crippen molar-refractivity contribution < 1.29 is 8.42 Å². The van der Waals surface area contributed by atoms with Crippen LogP contribution >= 0.6 is 0 Å². The second-order valence-corrected chi connectivity index (χ2v) is 8.30. The van der Waals surface area contributed by atoms with Crippen LogP contribution in [0.25, 0.3) is 0 Å². The van der Waals surface area contributed by atoms with Gasteiger partial charge in [-0.3, -0.25) is 0 Å². The SMILES string of the molecule is CC(C)NCC1CCCCN1S(=O)(=O)NC(C)(C)C. The molecule has 114 valence electrons. The Kier molecular flexibility index (Phi) is 5.79. The Morgan fingerprint density at radius 1 is 1.26 bits per heavy atom. The first-order chi connectivity index (χ1) is 8.62. The third-order valence-electron chi connectivity index (χ3n) is 3.08. The summed E-state index contributed by atoms with van der Waals surface area (Å²) in [6.45, 7) is 11.1. The fourth-order valence-electron chi connectivity index (χ4n) is 2.31. The molecule has 0 aromatic heterocycles. The molecule has 1 atom stereocenters. The van der Waals surface area contributed by atoms with Gasteiger partial charge in [-0.1, -0.05) is 20.3 Å². The highest BCUT2D eigenvalue weighted by Gasteiger charge is 2.34. The lowest BCUT2D eigenvalue weighted by Crippen LogP contribution is -2.56. The Balaban J connectivity index is 2.75. The molecule has 19 heavy (non-hydrogen) atoms. The van der Waals surface area contributed by atoms with Gasteiger partial charge >= 0.3 is 0 Å². The van der Waals surface area contributed by atoms with Crippen molar-refractivity contribution >= 4 is 10.2 Å². The summed E-state index contributed by atoms with van der Waals surface area (Å²) in [4.78, 5) is 0. The van der Waals surface area contributed by atoms with E-state index in [4.69, 9.17) is 0 Å². The lowest BCUT2D eigenvalue weighted by molar-refractivity contribution is 0.236. The molecule has 1 unspecified atom stereocenters. The van der Waals surface area contributed by atoms with Crippen LogP contribution in [0.3, 0.4) is 0 Å². The molecule has 1 rings (SSSR count). The second-order valence-electron chi connectivity index (χ2n) is 6.68. The minimum Gasteiger partial charge on any atom is -0.313 e. The van der Waals surface area contributed by atoms with Gasteiger partial charge in [0.25, 0.3) is 10.2 Å². The number of nitrogens with one attached hydrogen (secondary N) is 2. The molecule has 0 spiro atoms. The van der Waals surface area contributed by atoms with Crippen LogP contribution in [0, 0.1) is 0 Å². The van der Waals surface area contributed by atoms with E-state index in [-0.39, 0.29) is 6.04 Å². The van der Waals surface area contributed by atoms with Gasteiger partial charge in [0.15, 0.2) is 0 Å². The number of nitrogens with zero attached hydrogens (tertiary/aromatic N) is 1. The Morgan fingerprint density at radius 2 is 1.89 bits per heavy atom. The molecule has 1 aliphatic heterocycles. The summed E-state index contributed by atoms with van der Waals surface area (Å²) < 4.78 is 29.3. The van der Waals surface area contributed by atoms with E-state index in [1.807, 2.05) is 20.8 Å². The van der Waals surface area contributed by atoms with Crippen molar-refractivity contribution in [2.45, 2.75) is 71.5 Å². The van der Waals surface area contributed by atoms with Crippen molar-refractivity contribution in [3.8, 4) is 0 Å². The third kappa shape index (κ3) is 5.77.